The minimum atomic E-state index is -0.629. The Kier molecular flexibility index (Phi) is 2.82. The smallest absolute Gasteiger partial charge is 0.128 e. The highest BCUT2D eigenvalue weighted by Gasteiger charge is 2.21. The van der Waals surface area contributed by atoms with Crippen molar-refractivity contribution in [1.29, 1.82) is 0 Å². The molecule has 1 aliphatic rings. The molecule has 17 heavy (non-hydrogen) atoms. The molecule has 4 heteroatoms. The van der Waals surface area contributed by atoms with Crippen molar-refractivity contribution in [2.24, 2.45) is 0 Å². The molecular weight excluding hydrogens is 234 g/mol. The highest BCUT2D eigenvalue weighted by Crippen LogP contribution is 2.36. The molecule has 0 bridgehead atoms. The standard InChI is InChI=1S/C13H13NO2S/c15-12(11-7-14-8-17-11)10-5-1-3-9-4-2-6-16-13(9)10/h1,3,5,7-8,12,15H,2,4,6H2. The molecule has 0 saturated carbocycles. The summed E-state index contributed by atoms with van der Waals surface area (Å²) >= 11 is 1.46. The lowest BCUT2D eigenvalue weighted by Crippen LogP contribution is -2.12. The van der Waals surface area contributed by atoms with Gasteiger partial charge in [0.1, 0.15) is 11.9 Å². The number of aliphatic hydroxyl groups excluding tert-OH is 1. The van der Waals surface area contributed by atoms with E-state index in [0.717, 1.165) is 35.6 Å². The van der Waals surface area contributed by atoms with Crippen molar-refractivity contribution in [3.05, 3.63) is 45.9 Å². The zero-order valence-electron chi connectivity index (χ0n) is 9.30. The second-order valence-electron chi connectivity index (χ2n) is 4.09. The van der Waals surface area contributed by atoms with Gasteiger partial charge in [0.15, 0.2) is 0 Å². The predicted octanol–water partition coefficient (Wildman–Crippen LogP) is 2.55. The molecule has 0 saturated heterocycles. The fourth-order valence-corrected chi connectivity index (χ4v) is 2.76. The summed E-state index contributed by atoms with van der Waals surface area (Å²) in [5.41, 5.74) is 3.78. The van der Waals surface area contributed by atoms with Gasteiger partial charge < -0.3 is 9.84 Å². The summed E-state index contributed by atoms with van der Waals surface area (Å²) in [7, 11) is 0. The lowest BCUT2D eigenvalue weighted by molar-refractivity contribution is 0.210. The van der Waals surface area contributed by atoms with E-state index in [2.05, 4.69) is 11.1 Å². The summed E-state index contributed by atoms with van der Waals surface area (Å²) in [6.45, 7) is 0.736. The summed E-state index contributed by atoms with van der Waals surface area (Å²) in [5.74, 6) is 0.861. The van der Waals surface area contributed by atoms with Crippen LogP contribution in [0.15, 0.2) is 29.9 Å². The van der Waals surface area contributed by atoms with Crippen LogP contribution in [0.25, 0.3) is 0 Å². The van der Waals surface area contributed by atoms with Crippen LogP contribution < -0.4 is 4.74 Å². The number of aryl methyl sites for hydroxylation is 1. The van der Waals surface area contributed by atoms with Crippen molar-refractivity contribution in [1.82, 2.24) is 4.98 Å². The van der Waals surface area contributed by atoms with Gasteiger partial charge in [-0.2, -0.15) is 0 Å². The van der Waals surface area contributed by atoms with Crippen LogP contribution in [-0.4, -0.2) is 16.7 Å². The van der Waals surface area contributed by atoms with Crippen LogP contribution in [0.3, 0.4) is 0 Å². The average Bonchev–Trinajstić information content (AvgIpc) is 2.91. The van der Waals surface area contributed by atoms with Gasteiger partial charge in [-0.15, -0.1) is 11.3 Å². The Morgan fingerprint density at radius 1 is 1.41 bits per heavy atom. The molecule has 0 amide bonds. The SMILES string of the molecule is OC(c1cncs1)c1cccc2c1OCCC2. The third kappa shape index (κ3) is 1.94. The summed E-state index contributed by atoms with van der Waals surface area (Å²) < 4.78 is 5.70. The van der Waals surface area contributed by atoms with Gasteiger partial charge in [0.25, 0.3) is 0 Å². The molecule has 1 N–H and O–H groups in total. The molecular formula is C13H13NO2S. The van der Waals surface area contributed by atoms with Crippen molar-refractivity contribution in [2.45, 2.75) is 18.9 Å². The van der Waals surface area contributed by atoms with E-state index in [1.807, 2.05) is 12.1 Å². The van der Waals surface area contributed by atoms with E-state index in [1.54, 1.807) is 11.7 Å². The van der Waals surface area contributed by atoms with Crippen LogP contribution >= 0.6 is 11.3 Å². The number of rotatable bonds is 2. The van der Waals surface area contributed by atoms with E-state index in [-0.39, 0.29) is 0 Å². The molecule has 0 spiro atoms. The van der Waals surface area contributed by atoms with E-state index in [0.29, 0.717) is 0 Å². The first-order valence-electron chi connectivity index (χ1n) is 5.67. The normalized spacial score (nSPS) is 16.1. The first kappa shape index (κ1) is 10.7. The van der Waals surface area contributed by atoms with Crippen molar-refractivity contribution < 1.29 is 9.84 Å². The predicted molar refractivity (Wildman–Crippen MR) is 66.4 cm³/mol. The maximum atomic E-state index is 10.3. The minimum Gasteiger partial charge on any atom is -0.493 e. The largest absolute Gasteiger partial charge is 0.493 e. The molecule has 2 aromatic rings. The molecule has 1 unspecified atom stereocenters. The fraction of sp³-hybridized carbons (Fsp3) is 0.308. The van der Waals surface area contributed by atoms with Gasteiger partial charge >= 0.3 is 0 Å². The molecule has 2 heterocycles. The van der Waals surface area contributed by atoms with E-state index >= 15 is 0 Å². The number of aliphatic hydroxyl groups is 1. The molecule has 1 aliphatic heterocycles. The van der Waals surface area contributed by atoms with Gasteiger partial charge in [0.2, 0.25) is 0 Å². The first-order chi connectivity index (χ1) is 8.36. The van der Waals surface area contributed by atoms with Crippen LogP contribution in [0, 0.1) is 0 Å². The van der Waals surface area contributed by atoms with Crippen molar-refractivity contribution >= 4 is 11.3 Å². The fourth-order valence-electron chi connectivity index (χ4n) is 2.14. The highest BCUT2D eigenvalue weighted by atomic mass is 32.1. The number of nitrogens with zero attached hydrogens (tertiary/aromatic N) is 1. The zero-order chi connectivity index (χ0) is 11.7. The Labute approximate surface area is 104 Å². The summed E-state index contributed by atoms with van der Waals surface area (Å²) in [6, 6.07) is 5.97. The first-order valence-corrected chi connectivity index (χ1v) is 6.55. The van der Waals surface area contributed by atoms with Crippen molar-refractivity contribution in [3.63, 3.8) is 0 Å². The number of hydrogen-bond acceptors (Lipinski definition) is 4. The lowest BCUT2D eigenvalue weighted by atomic mass is 9.99. The molecule has 3 nitrogen and oxygen atoms in total. The number of aromatic nitrogens is 1. The number of fused-ring (bicyclic) bond motifs is 1. The van der Waals surface area contributed by atoms with E-state index in [1.165, 1.54) is 16.9 Å². The van der Waals surface area contributed by atoms with Crippen LogP contribution in [-0.2, 0) is 6.42 Å². The van der Waals surface area contributed by atoms with Gasteiger partial charge in [0, 0.05) is 11.8 Å². The molecule has 3 rings (SSSR count). The number of benzene rings is 1. The maximum absolute atomic E-state index is 10.3. The molecule has 1 aromatic carbocycles. The van der Waals surface area contributed by atoms with Gasteiger partial charge in [-0.3, -0.25) is 4.98 Å². The molecule has 1 atom stereocenters. The van der Waals surface area contributed by atoms with Crippen LogP contribution in [0.2, 0.25) is 0 Å². The maximum Gasteiger partial charge on any atom is 0.128 e. The summed E-state index contributed by atoms with van der Waals surface area (Å²) in [4.78, 5) is 4.85. The number of hydrogen-bond donors (Lipinski definition) is 1. The Morgan fingerprint density at radius 3 is 3.18 bits per heavy atom. The highest BCUT2D eigenvalue weighted by molar-refractivity contribution is 7.09. The summed E-state index contributed by atoms with van der Waals surface area (Å²) in [6.07, 6.45) is 3.15. The molecule has 88 valence electrons. The van der Waals surface area contributed by atoms with Crippen molar-refractivity contribution in [3.8, 4) is 5.75 Å². The Morgan fingerprint density at radius 2 is 2.35 bits per heavy atom. The van der Waals surface area contributed by atoms with Crippen LogP contribution in [0.1, 0.15) is 28.5 Å². The number of thiazole rings is 1. The van der Waals surface area contributed by atoms with Crippen LogP contribution in [0.4, 0.5) is 0 Å². The van der Waals surface area contributed by atoms with Gasteiger partial charge in [-0.05, 0) is 18.4 Å². The third-order valence-corrected chi connectivity index (χ3v) is 3.81. The van der Waals surface area contributed by atoms with Gasteiger partial charge in [0.05, 0.1) is 17.0 Å². The van der Waals surface area contributed by atoms with Gasteiger partial charge in [-0.25, -0.2) is 0 Å². The van der Waals surface area contributed by atoms with Crippen molar-refractivity contribution in [2.75, 3.05) is 6.61 Å². The molecule has 0 aliphatic carbocycles. The zero-order valence-corrected chi connectivity index (χ0v) is 10.1. The lowest BCUT2D eigenvalue weighted by Gasteiger charge is -2.22. The minimum absolute atomic E-state index is 0.629. The van der Waals surface area contributed by atoms with Crippen LogP contribution in [0.5, 0.6) is 5.75 Å². The van der Waals surface area contributed by atoms with Gasteiger partial charge in [-0.1, -0.05) is 18.2 Å². The Hall–Kier alpha value is -1.39. The average molecular weight is 247 g/mol. The second kappa shape index (κ2) is 4.47. The molecule has 0 radical (unpaired) electrons. The Balaban J connectivity index is 2.03. The molecule has 0 fully saturated rings. The molecule has 1 aromatic heterocycles. The van der Waals surface area contributed by atoms with E-state index in [9.17, 15) is 5.11 Å². The topological polar surface area (TPSA) is 42.4 Å². The monoisotopic (exact) mass is 247 g/mol. The third-order valence-electron chi connectivity index (χ3n) is 2.98. The second-order valence-corrected chi connectivity index (χ2v) is 5.01. The summed E-state index contributed by atoms with van der Waals surface area (Å²) in [5, 5.41) is 10.3. The number of ether oxygens (including phenoxy) is 1. The van der Waals surface area contributed by atoms with E-state index < -0.39 is 6.10 Å². The van der Waals surface area contributed by atoms with E-state index in [4.69, 9.17) is 4.74 Å². The number of para-hydroxylation sites is 1. The quantitative estimate of drug-likeness (QED) is 0.886. The Bertz CT molecular complexity index is 510.